The monoisotopic (exact) mass is 266 g/mol. The molecule has 1 atom stereocenters. The van der Waals surface area contributed by atoms with Gasteiger partial charge in [0.25, 0.3) is 0 Å². The van der Waals surface area contributed by atoms with Crippen molar-refractivity contribution in [2.45, 2.75) is 19.0 Å². The Hall–Kier alpha value is -1.20. The van der Waals surface area contributed by atoms with Crippen molar-refractivity contribution < 1.29 is 8.42 Å². The highest BCUT2D eigenvalue weighted by molar-refractivity contribution is 7.91. The fourth-order valence-corrected chi connectivity index (χ4v) is 4.06. The minimum atomic E-state index is -2.84. The van der Waals surface area contributed by atoms with Crippen molar-refractivity contribution in [1.29, 1.82) is 0 Å². The van der Waals surface area contributed by atoms with Crippen molar-refractivity contribution in [3.63, 3.8) is 0 Å². The molecule has 1 saturated heterocycles. The predicted octanol–water partition coefficient (Wildman–Crippen LogP) is 1.26. The van der Waals surface area contributed by atoms with Gasteiger partial charge >= 0.3 is 0 Å². The average molecular weight is 266 g/mol. The molecule has 1 aliphatic heterocycles. The molecule has 98 valence electrons. The molecule has 1 aromatic rings. The van der Waals surface area contributed by atoms with E-state index in [2.05, 4.69) is 16.5 Å². The van der Waals surface area contributed by atoms with E-state index in [0.29, 0.717) is 12.3 Å². The number of nitrogens with zero attached hydrogens (tertiary/aromatic N) is 2. The molecule has 0 aliphatic carbocycles. The van der Waals surface area contributed by atoms with Crippen LogP contribution in [0.5, 0.6) is 0 Å². The van der Waals surface area contributed by atoms with E-state index in [1.807, 2.05) is 24.4 Å². The number of sulfone groups is 1. The lowest BCUT2D eigenvalue weighted by atomic mass is 10.2. The van der Waals surface area contributed by atoms with Crippen LogP contribution in [0.3, 0.4) is 0 Å². The van der Waals surface area contributed by atoms with Crippen molar-refractivity contribution in [2.24, 2.45) is 0 Å². The minimum Gasteiger partial charge on any atom is -0.291 e. The number of hydrogen-bond acceptors (Lipinski definition) is 4. The first kappa shape index (κ1) is 13.2. The smallest absolute Gasteiger partial charge is 0.151 e. The summed E-state index contributed by atoms with van der Waals surface area (Å²) in [5.41, 5.74) is 1.10. The zero-order valence-electron chi connectivity index (χ0n) is 10.3. The molecule has 18 heavy (non-hydrogen) atoms. The summed E-state index contributed by atoms with van der Waals surface area (Å²) in [4.78, 5) is 6.24. The number of aromatic nitrogens is 1. The van der Waals surface area contributed by atoms with Crippen LogP contribution in [0.4, 0.5) is 0 Å². The van der Waals surface area contributed by atoms with Crippen LogP contribution < -0.4 is 0 Å². The van der Waals surface area contributed by atoms with Crippen LogP contribution in [0.25, 0.3) is 0 Å². The Morgan fingerprint density at radius 2 is 2.39 bits per heavy atom. The van der Waals surface area contributed by atoms with Crippen LogP contribution in [0, 0.1) is 0 Å². The molecule has 1 aliphatic rings. The van der Waals surface area contributed by atoms with E-state index in [4.69, 9.17) is 0 Å². The van der Waals surface area contributed by atoms with Crippen LogP contribution >= 0.6 is 0 Å². The summed E-state index contributed by atoms with van der Waals surface area (Å²) in [6.45, 7) is 5.17. The van der Waals surface area contributed by atoms with Gasteiger partial charge in [-0.1, -0.05) is 12.1 Å². The van der Waals surface area contributed by atoms with Crippen LogP contribution in [0.15, 0.2) is 37.2 Å². The fraction of sp³-hybridized carbons (Fsp3) is 0.462. The van der Waals surface area contributed by atoms with Gasteiger partial charge in [0.15, 0.2) is 9.84 Å². The van der Waals surface area contributed by atoms with E-state index in [-0.39, 0.29) is 11.8 Å². The number of pyridine rings is 1. The molecule has 0 bridgehead atoms. The Morgan fingerprint density at radius 3 is 2.94 bits per heavy atom. The zero-order valence-corrected chi connectivity index (χ0v) is 11.1. The van der Waals surface area contributed by atoms with Gasteiger partial charge in [-0.05, 0) is 18.1 Å². The first-order valence-electron chi connectivity index (χ1n) is 6.05. The number of hydrogen-bond donors (Lipinski definition) is 0. The van der Waals surface area contributed by atoms with Crippen LogP contribution in [-0.4, -0.2) is 42.4 Å². The van der Waals surface area contributed by atoms with E-state index in [0.717, 1.165) is 18.5 Å². The second kappa shape index (κ2) is 5.63. The Labute approximate surface area is 108 Å². The largest absolute Gasteiger partial charge is 0.291 e. The molecular weight excluding hydrogens is 248 g/mol. The Morgan fingerprint density at radius 1 is 1.56 bits per heavy atom. The van der Waals surface area contributed by atoms with E-state index in [1.165, 1.54) is 0 Å². The van der Waals surface area contributed by atoms with Crippen molar-refractivity contribution in [1.82, 2.24) is 9.88 Å². The molecule has 2 rings (SSSR count). The number of rotatable bonds is 5. The molecule has 0 N–H and O–H groups in total. The average Bonchev–Trinajstić information content (AvgIpc) is 2.70. The maximum atomic E-state index is 11.5. The van der Waals surface area contributed by atoms with Gasteiger partial charge in [0.05, 0.1) is 11.5 Å². The highest BCUT2D eigenvalue weighted by Crippen LogP contribution is 2.19. The standard InChI is InChI=1S/C13H18N2O2S/c1-2-7-15(10-12-4-3-6-14-9-12)13-5-8-18(16,17)11-13/h2-4,6,9,13H,1,5,7-8,10-11H2. The summed E-state index contributed by atoms with van der Waals surface area (Å²) < 4.78 is 23.1. The second-order valence-electron chi connectivity index (χ2n) is 4.64. The first-order chi connectivity index (χ1) is 8.61. The molecule has 2 heterocycles. The van der Waals surface area contributed by atoms with Gasteiger partial charge < -0.3 is 0 Å². The molecule has 0 aromatic carbocycles. The summed E-state index contributed by atoms with van der Waals surface area (Å²) in [6, 6.07) is 4.01. The molecule has 0 amide bonds. The minimum absolute atomic E-state index is 0.105. The van der Waals surface area contributed by atoms with E-state index in [9.17, 15) is 8.42 Å². The van der Waals surface area contributed by atoms with E-state index >= 15 is 0 Å². The summed E-state index contributed by atoms with van der Waals surface area (Å²) >= 11 is 0. The molecule has 4 nitrogen and oxygen atoms in total. The van der Waals surface area contributed by atoms with Crippen molar-refractivity contribution in [3.8, 4) is 0 Å². The van der Waals surface area contributed by atoms with Gasteiger partial charge in [-0.15, -0.1) is 6.58 Å². The Kier molecular flexibility index (Phi) is 4.14. The molecule has 1 unspecified atom stereocenters. The van der Waals surface area contributed by atoms with Gasteiger partial charge in [-0.3, -0.25) is 9.88 Å². The maximum Gasteiger partial charge on any atom is 0.151 e. The van der Waals surface area contributed by atoms with Gasteiger partial charge in [-0.25, -0.2) is 8.42 Å². The Bertz CT molecular complexity index is 499. The van der Waals surface area contributed by atoms with Crippen molar-refractivity contribution in [3.05, 3.63) is 42.7 Å². The summed E-state index contributed by atoms with van der Waals surface area (Å²) in [5.74, 6) is 0.569. The van der Waals surface area contributed by atoms with Crippen LogP contribution in [-0.2, 0) is 16.4 Å². The molecule has 5 heteroatoms. The molecule has 1 fully saturated rings. The lowest BCUT2D eigenvalue weighted by Gasteiger charge is -2.26. The quantitative estimate of drug-likeness (QED) is 0.753. The third-order valence-corrected chi connectivity index (χ3v) is 4.95. The highest BCUT2D eigenvalue weighted by Gasteiger charge is 2.31. The van der Waals surface area contributed by atoms with Crippen molar-refractivity contribution in [2.75, 3.05) is 18.1 Å². The lowest BCUT2D eigenvalue weighted by molar-refractivity contribution is 0.226. The molecule has 1 aromatic heterocycles. The topological polar surface area (TPSA) is 50.3 Å². The lowest BCUT2D eigenvalue weighted by Crippen LogP contribution is -2.35. The van der Waals surface area contributed by atoms with Gasteiger partial charge in [-0.2, -0.15) is 0 Å². The Balaban J connectivity index is 2.07. The van der Waals surface area contributed by atoms with Gasteiger partial charge in [0.2, 0.25) is 0 Å². The molecular formula is C13H18N2O2S. The predicted molar refractivity (Wildman–Crippen MR) is 71.9 cm³/mol. The molecule has 0 spiro atoms. The summed E-state index contributed by atoms with van der Waals surface area (Å²) in [5, 5.41) is 0. The van der Waals surface area contributed by atoms with E-state index in [1.54, 1.807) is 6.20 Å². The second-order valence-corrected chi connectivity index (χ2v) is 6.86. The third-order valence-electron chi connectivity index (χ3n) is 3.20. The van der Waals surface area contributed by atoms with Crippen molar-refractivity contribution >= 4 is 9.84 Å². The summed E-state index contributed by atoms with van der Waals surface area (Å²) in [7, 11) is -2.84. The summed E-state index contributed by atoms with van der Waals surface area (Å²) in [6.07, 6.45) is 6.10. The van der Waals surface area contributed by atoms with Crippen LogP contribution in [0.2, 0.25) is 0 Å². The molecule has 0 radical (unpaired) electrons. The van der Waals surface area contributed by atoms with E-state index < -0.39 is 9.84 Å². The first-order valence-corrected chi connectivity index (χ1v) is 7.87. The highest BCUT2D eigenvalue weighted by atomic mass is 32.2. The van der Waals surface area contributed by atoms with Crippen LogP contribution in [0.1, 0.15) is 12.0 Å². The molecule has 0 saturated carbocycles. The maximum absolute atomic E-state index is 11.5. The fourth-order valence-electron chi connectivity index (χ4n) is 2.30. The van der Waals surface area contributed by atoms with Gasteiger partial charge in [0.1, 0.15) is 0 Å². The third kappa shape index (κ3) is 3.40. The SMILES string of the molecule is C=CCN(Cc1cccnc1)C1CCS(=O)(=O)C1. The normalized spacial score (nSPS) is 22.2. The van der Waals surface area contributed by atoms with Gasteiger partial charge in [0, 0.05) is 31.5 Å². The zero-order chi connectivity index (χ0) is 13.0.